The molecule has 1 N–H and O–H groups in total. The van der Waals surface area contributed by atoms with Crippen LogP contribution in [-0.4, -0.2) is 16.7 Å². The van der Waals surface area contributed by atoms with Crippen molar-refractivity contribution in [3.63, 3.8) is 0 Å². The Bertz CT molecular complexity index is 1020. The van der Waals surface area contributed by atoms with Crippen molar-refractivity contribution < 1.29 is 23.0 Å². The van der Waals surface area contributed by atoms with Crippen LogP contribution in [0.4, 0.5) is 13.2 Å². The van der Waals surface area contributed by atoms with Crippen LogP contribution in [-0.2, 0) is 4.74 Å². The highest BCUT2D eigenvalue weighted by atomic mass is 19.1. The first-order chi connectivity index (χ1) is 13.5. The van der Waals surface area contributed by atoms with Crippen LogP contribution in [0, 0.1) is 17.5 Å². The summed E-state index contributed by atoms with van der Waals surface area (Å²) in [5, 5.41) is 11.0. The summed E-state index contributed by atoms with van der Waals surface area (Å²) in [6.07, 6.45) is 1.97. The molecule has 142 valence electrons. The Kier molecular flexibility index (Phi) is 4.88. The number of aliphatic hydroxyl groups is 1. The van der Waals surface area contributed by atoms with Crippen molar-refractivity contribution in [1.82, 2.24) is 4.98 Å². The molecule has 0 saturated heterocycles. The summed E-state index contributed by atoms with van der Waals surface area (Å²) in [6, 6.07) is 12.3. The van der Waals surface area contributed by atoms with E-state index in [2.05, 4.69) is 4.98 Å². The lowest BCUT2D eigenvalue weighted by atomic mass is 9.85. The average molecular weight is 383 g/mol. The fourth-order valence-corrected chi connectivity index (χ4v) is 3.42. The number of halogens is 3. The number of ether oxygens (including phenoxy) is 1. The Hall–Kier alpha value is -3.12. The highest BCUT2D eigenvalue weighted by Gasteiger charge is 2.36. The smallest absolute Gasteiger partial charge is 0.130 e. The molecule has 6 heteroatoms. The topological polar surface area (TPSA) is 42.4 Å². The largest absolute Gasteiger partial charge is 0.492 e. The summed E-state index contributed by atoms with van der Waals surface area (Å²) >= 11 is 0. The maximum atomic E-state index is 14.5. The van der Waals surface area contributed by atoms with Gasteiger partial charge in [0.1, 0.15) is 29.3 Å². The van der Waals surface area contributed by atoms with Gasteiger partial charge in [0.05, 0.1) is 6.61 Å². The molecule has 0 fully saturated rings. The summed E-state index contributed by atoms with van der Waals surface area (Å²) in [6.45, 7) is 0.0713. The molecular formula is C22H16F3NO2. The molecule has 2 atom stereocenters. The molecule has 0 saturated carbocycles. The van der Waals surface area contributed by atoms with Gasteiger partial charge in [-0.15, -0.1) is 0 Å². The Morgan fingerprint density at radius 3 is 2.43 bits per heavy atom. The third-order valence-electron chi connectivity index (χ3n) is 4.77. The van der Waals surface area contributed by atoms with E-state index < -0.39 is 29.5 Å². The van der Waals surface area contributed by atoms with E-state index in [1.165, 1.54) is 42.6 Å². The molecule has 0 radical (unpaired) electrons. The van der Waals surface area contributed by atoms with Crippen LogP contribution in [0.3, 0.4) is 0 Å². The van der Waals surface area contributed by atoms with E-state index in [0.717, 1.165) is 6.07 Å². The molecular weight excluding hydrogens is 367 g/mol. The molecule has 3 nitrogen and oxygen atoms in total. The molecule has 1 aliphatic heterocycles. The van der Waals surface area contributed by atoms with Crippen molar-refractivity contribution in [2.75, 3.05) is 6.61 Å². The highest BCUT2D eigenvalue weighted by Crippen LogP contribution is 2.45. The summed E-state index contributed by atoms with van der Waals surface area (Å²) in [4.78, 5) is 4.02. The second-order valence-electron chi connectivity index (χ2n) is 6.51. The minimum atomic E-state index is -1.12. The summed E-state index contributed by atoms with van der Waals surface area (Å²) in [7, 11) is 0. The zero-order valence-corrected chi connectivity index (χ0v) is 14.6. The van der Waals surface area contributed by atoms with Crippen molar-refractivity contribution >= 4 is 5.76 Å². The lowest BCUT2D eigenvalue weighted by molar-refractivity contribution is 0.209. The number of aliphatic hydroxyl groups excluding tert-OH is 1. The molecule has 2 unspecified atom stereocenters. The molecule has 3 aromatic rings. The lowest BCUT2D eigenvalue weighted by Gasteiger charge is -2.20. The van der Waals surface area contributed by atoms with Gasteiger partial charge in [-0.25, -0.2) is 13.2 Å². The number of pyridine rings is 1. The van der Waals surface area contributed by atoms with Crippen LogP contribution in [0.1, 0.15) is 28.7 Å². The van der Waals surface area contributed by atoms with Gasteiger partial charge in [-0.3, -0.25) is 4.98 Å². The Labute approximate surface area is 159 Å². The number of benzene rings is 2. The molecule has 2 heterocycles. The van der Waals surface area contributed by atoms with Gasteiger partial charge in [-0.1, -0.05) is 12.1 Å². The van der Waals surface area contributed by atoms with E-state index in [4.69, 9.17) is 4.74 Å². The van der Waals surface area contributed by atoms with E-state index >= 15 is 0 Å². The molecule has 0 aliphatic carbocycles. The van der Waals surface area contributed by atoms with Crippen LogP contribution < -0.4 is 0 Å². The van der Waals surface area contributed by atoms with E-state index in [0.29, 0.717) is 22.5 Å². The lowest BCUT2D eigenvalue weighted by Crippen LogP contribution is -2.12. The fourth-order valence-electron chi connectivity index (χ4n) is 3.42. The van der Waals surface area contributed by atoms with E-state index in [1.807, 2.05) is 0 Å². The second kappa shape index (κ2) is 7.48. The first-order valence-corrected chi connectivity index (χ1v) is 8.70. The summed E-state index contributed by atoms with van der Waals surface area (Å²) in [5.41, 5.74) is 1.71. The van der Waals surface area contributed by atoms with E-state index in [-0.39, 0.29) is 12.2 Å². The maximum absolute atomic E-state index is 14.5. The van der Waals surface area contributed by atoms with Crippen molar-refractivity contribution in [2.24, 2.45) is 0 Å². The van der Waals surface area contributed by atoms with Gasteiger partial charge < -0.3 is 9.84 Å². The molecule has 1 aliphatic rings. The van der Waals surface area contributed by atoms with Crippen LogP contribution in [0.2, 0.25) is 0 Å². The first-order valence-electron chi connectivity index (χ1n) is 8.70. The highest BCUT2D eigenvalue weighted by molar-refractivity contribution is 5.68. The van der Waals surface area contributed by atoms with Gasteiger partial charge >= 0.3 is 0 Å². The summed E-state index contributed by atoms with van der Waals surface area (Å²) < 4.78 is 47.0. The van der Waals surface area contributed by atoms with Gasteiger partial charge in [-0.2, -0.15) is 0 Å². The zero-order valence-electron chi connectivity index (χ0n) is 14.6. The quantitative estimate of drug-likeness (QED) is 0.707. The fraction of sp³-hybridized carbons (Fsp3) is 0.136. The Morgan fingerprint density at radius 1 is 1.00 bits per heavy atom. The average Bonchev–Trinajstić information content (AvgIpc) is 3.13. The molecule has 2 aromatic carbocycles. The van der Waals surface area contributed by atoms with Gasteiger partial charge in [-0.05, 0) is 42.0 Å². The van der Waals surface area contributed by atoms with E-state index in [9.17, 15) is 18.3 Å². The van der Waals surface area contributed by atoms with Crippen LogP contribution in [0.5, 0.6) is 0 Å². The van der Waals surface area contributed by atoms with Gasteiger partial charge in [0, 0.05) is 41.1 Å². The molecule has 1 aromatic heterocycles. The standard InChI is InChI=1S/C22H16F3NO2/c23-15-5-3-13(4-6-15)22-20(21(27)14-2-1-9-26-11-14)18(12-28-22)17-8-7-16(24)10-19(17)25/h1-11,18,21,27H,12H2. The second-order valence-corrected chi connectivity index (χ2v) is 6.51. The molecule has 0 amide bonds. The molecule has 28 heavy (non-hydrogen) atoms. The monoisotopic (exact) mass is 383 g/mol. The Balaban J connectivity index is 1.86. The normalized spacial score (nSPS) is 17.5. The maximum Gasteiger partial charge on any atom is 0.130 e. The predicted octanol–water partition coefficient (Wildman–Crippen LogP) is 4.76. The number of hydrogen-bond donors (Lipinski definition) is 1. The predicted molar refractivity (Wildman–Crippen MR) is 97.6 cm³/mol. The van der Waals surface area contributed by atoms with Crippen molar-refractivity contribution in [3.05, 3.63) is 107 Å². The SMILES string of the molecule is OC(C1=C(c2ccc(F)cc2)OCC1c1ccc(F)cc1F)c1cccnc1. The van der Waals surface area contributed by atoms with Crippen LogP contribution >= 0.6 is 0 Å². The number of rotatable bonds is 4. The van der Waals surface area contributed by atoms with Crippen LogP contribution in [0.15, 0.2) is 72.6 Å². The minimum Gasteiger partial charge on any atom is -0.492 e. The minimum absolute atomic E-state index is 0.0713. The third kappa shape index (κ3) is 3.39. The van der Waals surface area contributed by atoms with Crippen molar-refractivity contribution in [2.45, 2.75) is 12.0 Å². The van der Waals surface area contributed by atoms with Crippen molar-refractivity contribution in [1.29, 1.82) is 0 Å². The third-order valence-corrected chi connectivity index (χ3v) is 4.77. The van der Waals surface area contributed by atoms with E-state index in [1.54, 1.807) is 18.3 Å². The van der Waals surface area contributed by atoms with Gasteiger partial charge in [0.15, 0.2) is 0 Å². The number of hydrogen-bond acceptors (Lipinski definition) is 3. The number of aromatic nitrogens is 1. The van der Waals surface area contributed by atoms with Gasteiger partial charge in [0.2, 0.25) is 0 Å². The summed E-state index contributed by atoms with van der Waals surface area (Å²) in [5.74, 6) is -2.08. The molecule has 4 rings (SSSR count). The molecule has 0 bridgehead atoms. The van der Waals surface area contributed by atoms with Gasteiger partial charge in [0.25, 0.3) is 0 Å². The first kappa shape index (κ1) is 18.3. The zero-order chi connectivity index (χ0) is 19.7. The van der Waals surface area contributed by atoms with Crippen LogP contribution in [0.25, 0.3) is 5.76 Å². The van der Waals surface area contributed by atoms with Crippen molar-refractivity contribution in [3.8, 4) is 0 Å². The molecule has 0 spiro atoms. The Morgan fingerprint density at radius 2 is 1.75 bits per heavy atom. The number of nitrogens with zero attached hydrogens (tertiary/aromatic N) is 1.